The third-order valence-corrected chi connectivity index (χ3v) is 6.22. The summed E-state index contributed by atoms with van der Waals surface area (Å²) in [6.45, 7) is 3.85. The molecule has 0 spiro atoms. The van der Waals surface area contributed by atoms with Gasteiger partial charge < -0.3 is 14.3 Å². The van der Waals surface area contributed by atoms with Crippen molar-refractivity contribution in [1.29, 1.82) is 0 Å². The van der Waals surface area contributed by atoms with Gasteiger partial charge in [0.15, 0.2) is 5.82 Å². The highest BCUT2D eigenvalue weighted by molar-refractivity contribution is 5.94. The zero-order chi connectivity index (χ0) is 23.2. The Labute approximate surface area is 191 Å². The monoisotopic (exact) mass is 461 g/mol. The van der Waals surface area contributed by atoms with Crippen LogP contribution in [0.4, 0.5) is 8.78 Å². The number of aromatic nitrogens is 2. The van der Waals surface area contributed by atoms with Gasteiger partial charge in [-0.1, -0.05) is 24.1 Å². The van der Waals surface area contributed by atoms with Crippen LogP contribution in [0.5, 0.6) is 0 Å². The van der Waals surface area contributed by atoms with Crippen LogP contribution in [0.1, 0.15) is 54.2 Å². The second-order valence-corrected chi connectivity index (χ2v) is 8.56. The van der Waals surface area contributed by atoms with Gasteiger partial charge in [0.25, 0.3) is 5.91 Å². The van der Waals surface area contributed by atoms with Crippen LogP contribution in [0.25, 0.3) is 0 Å². The molecule has 2 aliphatic rings. The molecule has 0 unspecified atom stereocenters. The summed E-state index contributed by atoms with van der Waals surface area (Å²) in [4.78, 5) is 34.8. The standard InChI is InChI=1S/C23H29F2N5O3/c24-17-6-5-7-18(25)22(17)23(32)30-14-12-28(13-15-30)16-19-26-20(33-27-19)8-9-21(31)29-10-3-1-2-4-11-29/h5-7H,1-4,8-16H2. The van der Waals surface area contributed by atoms with Crippen molar-refractivity contribution >= 4 is 11.8 Å². The number of piperazine rings is 1. The van der Waals surface area contributed by atoms with Crippen LogP contribution in [0.15, 0.2) is 22.7 Å². The summed E-state index contributed by atoms with van der Waals surface area (Å²) in [6, 6.07) is 3.41. The van der Waals surface area contributed by atoms with Gasteiger partial charge in [0.2, 0.25) is 11.8 Å². The molecule has 0 bridgehead atoms. The fourth-order valence-electron chi connectivity index (χ4n) is 4.32. The average molecular weight is 462 g/mol. The Balaban J connectivity index is 1.23. The van der Waals surface area contributed by atoms with Gasteiger partial charge in [0, 0.05) is 52.1 Å². The van der Waals surface area contributed by atoms with Gasteiger partial charge in [-0.05, 0) is 25.0 Å². The van der Waals surface area contributed by atoms with Crippen LogP contribution in [-0.4, -0.2) is 75.9 Å². The van der Waals surface area contributed by atoms with Crippen molar-refractivity contribution in [3.05, 3.63) is 47.1 Å². The first-order valence-electron chi connectivity index (χ1n) is 11.6. The summed E-state index contributed by atoms with van der Waals surface area (Å²) in [5.41, 5.74) is -0.511. The zero-order valence-electron chi connectivity index (χ0n) is 18.6. The predicted molar refractivity (Wildman–Crippen MR) is 115 cm³/mol. The van der Waals surface area contributed by atoms with Gasteiger partial charge in [-0.25, -0.2) is 8.78 Å². The Hall–Kier alpha value is -2.88. The largest absolute Gasteiger partial charge is 0.343 e. The Kier molecular flexibility index (Phi) is 7.64. The summed E-state index contributed by atoms with van der Waals surface area (Å²) >= 11 is 0. The molecule has 4 rings (SSSR count). The molecule has 0 radical (unpaired) electrons. The molecule has 0 aliphatic carbocycles. The molecule has 178 valence electrons. The molecular weight excluding hydrogens is 432 g/mol. The predicted octanol–water partition coefficient (Wildman–Crippen LogP) is 2.64. The molecular formula is C23H29F2N5O3. The van der Waals surface area contributed by atoms with E-state index in [1.54, 1.807) is 0 Å². The van der Waals surface area contributed by atoms with Crippen molar-refractivity contribution in [3.63, 3.8) is 0 Å². The van der Waals surface area contributed by atoms with E-state index in [1.165, 1.54) is 23.8 Å². The van der Waals surface area contributed by atoms with E-state index in [1.807, 2.05) is 4.90 Å². The van der Waals surface area contributed by atoms with Crippen LogP contribution in [0.2, 0.25) is 0 Å². The summed E-state index contributed by atoms with van der Waals surface area (Å²) in [6.07, 6.45) is 5.25. The maximum atomic E-state index is 13.9. The number of aryl methyl sites for hydroxylation is 1. The highest BCUT2D eigenvalue weighted by Crippen LogP contribution is 2.17. The van der Waals surface area contributed by atoms with Crippen LogP contribution in [0, 0.1) is 11.6 Å². The quantitative estimate of drug-likeness (QED) is 0.658. The highest BCUT2D eigenvalue weighted by atomic mass is 19.1. The molecule has 0 N–H and O–H groups in total. The molecule has 2 aliphatic heterocycles. The number of benzene rings is 1. The number of amides is 2. The van der Waals surface area contributed by atoms with Crippen LogP contribution in [-0.2, 0) is 17.8 Å². The lowest BCUT2D eigenvalue weighted by atomic mass is 10.1. The summed E-state index contributed by atoms with van der Waals surface area (Å²) in [5.74, 6) is -1.25. The average Bonchev–Trinajstić information content (AvgIpc) is 3.07. The lowest BCUT2D eigenvalue weighted by Crippen LogP contribution is -2.48. The van der Waals surface area contributed by atoms with Gasteiger partial charge in [0.1, 0.15) is 17.2 Å². The number of carbonyl (C=O) groups is 2. The first-order chi connectivity index (χ1) is 16.0. The van der Waals surface area contributed by atoms with Crippen LogP contribution in [0.3, 0.4) is 0 Å². The van der Waals surface area contributed by atoms with Crippen molar-refractivity contribution in [3.8, 4) is 0 Å². The van der Waals surface area contributed by atoms with E-state index in [2.05, 4.69) is 15.0 Å². The Bertz CT molecular complexity index is 947. The molecule has 1 aromatic heterocycles. The molecule has 2 saturated heterocycles. The fourth-order valence-corrected chi connectivity index (χ4v) is 4.32. The number of hydrogen-bond donors (Lipinski definition) is 0. The van der Waals surface area contributed by atoms with Gasteiger partial charge in [0.05, 0.1) is 6.54 Å². The van der Waals surface area contributed by atoms with Crippen LogP contribution < -0.4 is 0 Å². The smallest absolute Gasteiger partial charge is 0.259 e. The second-order valence-electron chi connectivity index (χ2n) is 8.56. The lowest BCUT2D eigenvalue weighted by molar-refractivity contribution is -0.131. The fraction of sp³-hybridized carbons (Fsp3) is 0.565. The van der Waals surface area contributed by atoms with Gasteiger partial charge in [-0.15, -0.1) is 0 Å². The highest BCUT2D eigenvalue weighted by Gasteiger charge is 2.27. The Morgan fingerprint density at radius 1 is 0.909 bits per heavy atom. The van der Waals surface area contributed by atoms with Gasteiger partial charge >= 0.3 is 0 Å². The normalized spacial score (nSPS) is 17.8. The number of carbonyl (C=O) groups excluding carboxylic acids is 2. The van der Waals surface area contributed by atoms with Crippen molar-refractivity contribution in [1.82, 2.24) is 24.8 Å². The molecule has 2 amide bonds. The number of nitrogens with zero attached hydrogens (tertiary/aromatic N) is 5. The molecule has 2 fully saturated rings. The van der Waals surface area contributed by atoms with Crippen molar-refractivity contribution < 1.29 is 22.9 Å². The van der Waals surface area contributed by atoms with E-state index in [-0.39, 0.29) is 5.91 Å². The van der Waals surface area contributed by atoms with E-state index in [0.29, 0.717) is 57.3 Å². The SMILES string of the molecule is O=C(CCc1nc(CN2CCN(C(=O)c3c(F)cccc3F)CC2)no1)N1CCCCCC1. The van der Waals surface area contributed by atoms with Crippen LogP contribution >= 0.6 is 0 Å². The van der Waals surface area contributed by atoms with E-state index in [9.17, 15) is 18.4 Å². The van der Waals surface area contributed by atoms with E-state index >= 15 is 0 Å². The molecule has 0 saturated carbocycles. The first kappa shape index (κ1) is 23.3. The number of rotatable bonds is 6. The second kappa shape index (κ2) is 10.8. The summed E-state index contributed by atoms with van der Waals surface area (Å²) < 4.78 is 33.1. The lowest BCUT2D eigenvalue weighted by Gasteiger charge is -2.34. The molecule has 3 heterocycles. The third-order valence-electron chi connectivity index (χ3n) is 6.22. The molecule has 2 aromatic rings. The van der Waals surface area contributed by atoms with E-state index in [0.717, 1.165) is 38.1 Å². The first-order valence-corrected chi connectivity index (χ1v) is 11.6. The third kappa shape index (κ3) is 5.93. The van der Waals surface area contributed by atoms with Crippen molar-refractivity contribution in [2.75, 3.05) is 39.3 Å². The maximum absolute atomic E-state index is 13.9. The van der Waals surface area contributed by atoms with E-state index < -0.39 is 23.1 Å². The summed E-state index contributed by atoms with van der Waals surface area (Å²) in [5, 5.41) is 4.01. The topological polar surface area (TPSA) is 82.8 Å². The maximum Gasteiger partial charge on any atom is 0.259 e. The van der Waals surface area contributed by atoms with Gasteiger partial charge in [-0.3, -0.25) is 14.5 Å². The van der Waals surface area contributed by atoms with Gasteiger partial charge in [-0.2, -0.15) is 4.98 Å². The minimum absolute atomic E-state index is 0.128. The number of likely N-dealkylation sites (tertiary alicyclic amines) is 1. The summed E-state index contributed by atoms with van der Waals surface area (Å²) in [7, 11) is 0. The molecule has 10 heteroatoms. The molecule has 1 aromatic carbocycles. The van der Waals surface area contributed by atoms with E-state index in [4.69, 9.17) is 4.52 Å². The molecule has 8 nitrogen and oxygen atoms in total. The Morgan fingerprint density at radius 3 is 2.24 bits per heavy atom. The minimum atomic E-state index is -0.851. The minimum Gasteiger partial charge on any atom is -0.343 e. The molecule has 0 atom stereocenters. The Morgan fingerprint density at radius 2 is 1.58 bits per heavy atom. The number of halogens is 2. The zero-order valence-corrected chi connectivity index (χ0v) is 18.6. The molecule has 33 heavy (non-hydrogen) atoms. The van der Waals surface area contributed by atoms with Crippen molar-refractivity contribution in [2.45, 2.75) is 45.1 Å². The number of hydrogen-bond acceptors (Lipinski definition) is 6. The van der Waals surface area contributed by atoms with Crippen molar-refractivity contribution in [2.24, 2.45) is 0 Å².